The Balaban J connectivity index is 2.22. The van der Waals surface area contributed by atoms with E-state index in [-0.39, 0.29) is 17.4 Å². The fraction of sp³-hybridized carbons (Fsp3) is 0.214. The normalized spacial score (nSPS) is 12.2. The summed E-state index contributed by atoms with van der Waals surface area (Å²) in [5.74, 6) is -0.569. The van der Waals surface area contributed by atoms with Crippen LogP contribution in [0, 0.1) is 5.82 Å². The van der Waals surface area contributed by atoms with Crippen LogP contribution in [-0.2, 0) is 7.05 Å². The highest BCUT2D eigenvalue weighted by atomic mass is 19.1. The van der Waals surface area contributed by atoms with Gasteiger partial charge in [0.15, 0.2) is 0 Å². The highest BCUT2D eigenvalue weighted by Gasteiger charge is 2.11. The van der Waals surface area contributed by atoms with Crippen LogP contribution in [0.2, 0.25) is 0 Å². The predicted molar refractivity (Wildman–Crippen MR) is 71.8 cm³/mol. The molecule has 0 saturated carbocycles. The van der Waals surface area contributed by atoms with E-state index in [1.54, 1.807) is 26.2 Å². The van der Waals surface area contributed by atoms with Gasteiger partial charge in [0.05, 0.1) is 11.7 Å². The SMILES string of the molecule is CC(Nc1ccc(=O)n(C)c1)c1ccc(O)cc1F. The standard InChI is InChI=1S/C14H15FN2O2/c1-9(12-5-4-11(18)7-13(12)15)16-10-3-6-14(19)17(2)8-10/h3-9,16,18H,1-2H3. The largest absolute Gasteiger partial charge is 0.508 e. The van der Waals surface area contributed by atoms with Crippen molar-refractivity contribution in [1.82, 2.24) is 4.57 Å². The van der Waals surface area contributed by atoms with Crippen LogP contribution in [0.15, 0.2) is 41.3 Å². The van der Waals surface area contributed by atoms with Crippen molar-refractivity contribution in [2.45, 2.75) is 13.0 Å². The first-order chi connectivity index (χ1) is 8.97. The molecule has 0 saturated heterocycles. The summed E-state index contributed by atoms with van der Waals surface area (Å²) in [6, 6.07) is 6.87. The molecular weight excluding hydrogens is 247 g/mol. The third kappa shape index (κ3) is 2.93. The lowest BCUT2D eigenvalue weighted by atomic mass is 10.1. The lowest BCUT2D eigenvalue weighted by Gasteiger charge is -2.17. The molecule has 1 atom stereocenters. The summed E-state index contributed by atoms with van der Waals surface area (Å²) in [7, 11) is 1.65. The van der Waals surface area contributed by atoms with Crippen molar-refractivity contribution < 1.29 is 9.50 Å². The Kier molecular flexibility index (Phi) is 3.55. The van der Waals surface area contributed by atoms with Gasteiger partial charge < -0.3 is 15.0 Å². The number of hydrogen-bond acceptors (Lipinski definition) is 3. The number of aryl methyl sites for hydroxylation is 1. The summed E-state index contributed by atoms with van der Waals surface area (Å²) in [6.45, 7) is 1.81. The smallest absolute Gasteiger partial charge is 0.250 e. The molecular formula is C14H15FN2O2. The number of pyridine rings is 1. The molecule has 1 aromatic heterocycles. The number of phenolic OH excluding ortho intramolecular Hbond substituents is 1. The Morgan fingerprint density at radius 3 is 2.68 bits per heavy atom. The van der Waals surface area contributed by atoms with Crippen molar-refractivity contribution in [3.8, 4) is 5.75 Å². The third-order valence-electron chi connectivity index (χ3n) is 2.92. The van der Waals surface area contributed by atoms with Crippen LogP contribution in [0.3, 0.4) is 0 Å². The molecule has 0 aliphatic carbocycles. The molecule has 0 spiro atoms. The highest BCUT2D eigenvalue weighted by molar-refractivity contribution is 5.43. The van der Waals surface area contributed by atoms with Crippen LogP contribution in [0.4, 0.5) is 10.1 Å². The number of benzene rings is 1. The number of anilines is 1. The minimum Gasteiger partial charge on any atom is -0.508 e. The van der Waals surface area contributed by atoms with Gasteiger partial charge in [0.25, 0.3) is 0 Å². The summed E-state index contributed by atoms with van der Waals surface area (Å²) < 4.78 is 15.1. The second-order valence-electron chi connectivity index (χ2n) is 4.44. The average molecular weight is 262 g/mol. The Bertz CT molecular complexity index is 652. The van der Waals surface area contributed by atoms with Gasteiger partial charge in [-0.25, -0.2) is 4.39 Å². The minimum absolute atomic E-state index is 0.101. The number of hydrogen-bond donors (Lipinski definition) is 2. The van der Waals surface area contributed by atoms with Gasteiger partial charge in [0.2, 0.25) is 5.56 Å². The first-order valence-corrected chi connectivity index (χ1v) is 5.89. The van der Waals surface area contributed by atoms with Crippen molar-refractivity contribution in [3.63, 3.8) is 0 Å². The summed E-state index contributed by atoms with van der Waals surface area (Å²) >= 11 is 0. The molecule has 2 aromatic rings. The zero-order valence-electron chi connectivity index (χ0n) is 10.7. The Morgan fingerprint density at radius 1 is 1.32 bits per heavy atom. The molecule has 5 heteroatoms. The van der Waals surface area contributed by atoms with Crippen molar-refractivity contribution in [2.24, 2.45) is 7.05 Å². The average Bonchev–Trinajstić information content (AvgIpc) is 2.33. The molecule has 0 radical (unpaired) electrons. The van der Waals surface area contributed by atoms with E-state index in [1.165, 1.54) is 22.8 Å². The number of phenols is 1. The number of halogens is 1. The van der Waals surface area contributed by atoms with Crippen molar-refractivity contribution in [2.75, 3.05) is 5.32 Å². The number of aromatic nitrogens is 1. The quantitative estimate of drug-likeness (QED) is 0.893. The van der Waals surface area contributed by atoms with Crippen molar-refractivity contribution in [1.29, 1.82) is 0 Å². The summed E-state index contributed by atoms with van der Waals surface area (Å²) in [5.41, 5.74) is 1.07. The molecule has 0 bridgehead atoms. The fourth-order valence-electron chi connectivity index (χ4n) is 1.87. The van der Waals surface area contributed by atoms with Crippen LogP contribution < -0.4 is 10.9 Å². The summed E-state index contributed by atoms with van der Waals surface area (Å²) in [5, 5.41) is 12.3. The van der Waals surface area contributed by atoms with Crippen LogP contribution in [0.5, 0.6) is 5.75 Å². The van der Waals surface area contributed by atoms with E-state index in [2.05, 4.69) is 5.32 Å². The molecule has 0 aliphatic rings. The molecule has 1 aromatic carbocycles. The zero-order chi connectivity index (χ0) is 14.0. The van der Waals surface area contributed by atoms with E-state index < -0.39 is 5.82 Å². The molecule has 19 heavy (non-hydrogen) atoms. The molecule has 1 heterocycles. The Hall–Kier alpha value is -2.30. The van der Waals surface area contributed by atoms with Gasteiger partial charge in [-0.15, -0.1) is 0 Å². The monoisotopic (exact) mass is 262 g/mol. The maximum absolute atomic E-state index is 13.7. The lowest BCUT2D eigenvalue weighted by molar-refractivity contribution is 0.467. The molecule has 2 N–H and O–H groups in total. The van der Waals surface area contributed by atoms with E-state index in [1.807, 2.05) is 0 Å². The second-order valence-corrected chi connectivity index (χ2v) is 4.44. The van der Waals surface area contributed by atoms with E-state index in [0.717, 1.165) is 11.8 Å². The van der Waals surface area contributed by atoms with Crippen LogP contribution in [0.1, 0.15) is 18.5 Å². The maximum Gasteiger partial charge on any atom is 0.250 e. The predicted octanol–water partition coefficient (Wildman–Crippen LogP) is 2.40. The summed E-state index contributed by atoms with van der Waals surface area (Å²) in [6.07, 6.45) is 1.65. The van der Waals surface area contributed by atoms with Crippen molar-refractivity contribution in [3.05, 3.63) is 58.3 Å². The molecule has 1 unspecified atom stereocenters. The maximum atomic E-state index is 13.7. The zero-order valence-corrected chi connectivity index (χ0v) is 10.7. The molecule has 100 valence electrons. The lowest BCUT2D eigenvalue weighted by Crippen LogP contribution is -2.16. The summed E-state index contributed by atoms with van der Waals surface area (Å²) in [4.78, 5) is 11.3. The van der Waals surface area contributed by atoms with Gasteiger partial charge in [0, 0.05) is 30.9 Å². The number of rotatable bonds is 3. The highest BCUT2D eigenvalue weighted by Crippen LogP contribution is 2.23. The number of nitrogens with zero attached hydrogens (tertiary/aromatic N) is 1. The first-order valence-electron chi connectivity index (χ1n) is 5.89. The van der Waals surface area contributed by atoms with Gasteiger partial charge >= 0.3 is 0 Å². The van der Waals surface area contributed by atoms with Gasteiger partial charge in [-0.1, -0.05) is 6.07 Å². The first kappa shape index (κ1) is 13.1. The molecule has 4 nitrogen and oxygen atoms in total. The molecule has 0 fully saturated rings. The topological polar surface area (TPSA) is 54.3 Å². The Labute approximate surface area is 110 Å². The third-order valence-corrected chi connectivity index (χ3v) is 2.92. The van der Waals surface area contributed by atoms with Crippen LogP contribution >= 0.6 is 0 Å². The van der Waals surface area contributed by atoms with Crippen molar-refractivity contribution >= 4 is 5.69 Å². The van der Waals surface area contributed by atoms with Gasteiger partial charge in [-0.05, 0) is 19.1 Å². The van der Waals surface area contributed by atoms with Gasteiger partial charge in [-0.3, -0.25) is 4.79 Å². The molecule has 2 rings (SSSR count). The van der Waals surface area contributed by atoms with Crippen LogP contribution in [-0.4, -0.2) is 9.67 Å². The number of nitrogens with one attached hydrogen (secondary N) is 1. The van der Waals surface area contributed by atoms with Gasteiger partial charge in [-0.2, -0.15) is 0 Å². The molecule has 0 aliphatic heterocycles. The van der Waals surface area contributed by atoms with Gasteiger partial charge in [0.1, 0.15) is 11.6 Å². The second kappa shape index (κ2) is 5.14. The van der Waals surface area contributed by atoms with E-state index in [9.17, 15) is 14.3 Å². The molecule has 0 amide bonds. The van der Waals surface area contributed by atoms with E-state index in [0.29, 0.717) is 5.56 Å². The minimum atomic E-state index is -0.468. The van der Waals surface area contributed by atoms with Crippen LogP contribution in [0.25, 0.3) is 0 Å². The van der Waals surface area contributed by atoms with E-state index >= 15 is 0 Å². The fourth-order valence-corrected chi connectivity index (χ4v) is 1.87. The Morgan fingerprint density at radius 2 is 2.05 bits per heavy atom. The number of aromatic hydroxyl groups is 1. The van der Waals surface area contributed by atoms with E-state index in [4.69, 9.17) is 0 Å².